The standard InChI is InChI=1S/C6H7AsN2/c7-6-3-5(4-8)1-2-9-6/h1-3H,4,8H2. The zero-order valence-corrected chi connectivity index (χ0v) is 6.79. The zero-order chi connectivity index (χ0) is 6.69. The topological polar surface area (TPSA) is 38.9 Å². The van der Waals surface area contributed by atoms with Gasteiger partial charge in [0.15, 0.2) is 0 Å². The second-order valence-electron chi connectivity index (χ2n) is 1.73. The summed E-state index contributed by atoms with van der Waals surface area (Å²) in [5.74, 6) is 0. The molecule has 2 radical (unpaired) electrons. The Kier molecular flexibility index (Phi) is 2.26. The van der Waals surface area contributed by atoms with Crippen LogP contribution in [0.4, 0.5) is 0 Å². The molecule has 0 amide bonds. The van der Waals surface area contributed by atoms with Crippen molar-refractivity contribution in [2.45, 2.75) is 6.54 Å². The summed E-state index contributed by atoms with van der Waals surface area (Å²) in [6.07, 6.45) is 1.76. The average molecular weight is 182 g/mol. The van der Waals surface area contributed by atoms with E-state index in [9.17, 15) is 0 Å². The first-order valence-electron chi connectivity index (χ1n) is 2.67. The molecule has 0 aliphatic carbocycles. The van der Waals surface area contributed by atoms with Gasteiger partial charge in [-0.3, -0.25) is 0 Å². The van der Waals surface area contributed by atoms with Crippen LogP contribution in [0.5, 0.6) is 0 Å². The Morgan fingerprint density at radius 1 is 1.67 bits per heavy atom. The molecule has 9 heavy (non-hydrogen) atoms. The summed E-state index contributed by atoms with van der Waals surface area (Å²) in [7, 11) is 0. The molecule has 0 bridgehead atoms. The summed E-state index contributed by atoms with van der Waals surface area (Å²) in [6.45, 7) is 0.591. The van der Waals surface area contributed by atoms with Crippen molar-refractivity contribution >= 4 is 21.3 Å². The SMILES string of the molecule is NCc1ccnc([As])c1. The Morgan fingerprint density at radius 3 is 2.89 bits per heavy atom. The number of pyridine rings is 1. The van der Waals surface area contributed by atoms with Gasteiger partial charge in [0.25, 0.3) is 0 Å². The van der Waals surface area contributed by atoms with Crippen molar-refractivity contribution in [1.82, 2.24) is 4.98 Å². The predicted octanol–water partition coefficient (Wildman–Crippen LogP) is -0.666. The fraction of sp³-hybridized carbons (Fsp3) is 0.167. The van der Waals surface area contributed by atoms with E-state index >= 15 is 0 Å². The summed E-state index contributed by atoms with van der Waals surface area (Å²) in [5.41, 5.74) is 6.51. The van der Waals surface area contributed by atoms with Crippen molar-refractivity contribution < 1.29 is 0 Å². The van der Waals surface area contributed by atoms with Crippen molar-refractivity contribution in [1.29, 1.82) is 0 Å². The molecule has 0 saturated heterocycles. The van der Waals surface area contributed by atoms with Gasteiger partial charge >= 0.3 is 62.5 Å². The van der Waals surface area contributed by atoms with Gasteiger partial charge in [-0.25, -0.2) is 0 Å². The molecule has 3 heteroatoms. The number of nitrogens with zero attached hydrogens (tertiary/aromatic N) is 1. The van der Waals surface area contributed by atoms with Crippen LogP contribution in [-0.4, -0.2) is 21.8 Å². The Hall–Kier alpha value is -0.332. The zero-order valence-electron chi connectivity index (χ0n) is 4.91. The molecule has 2 nitrogen and oxygen atoms in total. The average Bonchev–Trinajstić information content (AvgIpc) is 1.88. The van der Waals surface area contributed by atoms with Gasteiger partial charge in [0.1, 0.15) is 0 Å². The van der Waals surface area contributed by atoms with Crippen molar-refractivity contribution in [2.75, 3.05) is 0 Å². The summed E-state index contributed by atoms with van der Waals surface area (Å²) in [5, 5.41) is 0. The number of rotatable bonds is 1. The van der Waals surface area contributed by atoms with Gasteiger partial charge in [0, 0.05) is 0 Å². The first-order chi connectivity index (χ1) is 4.33. The van der Waals surface area contributed by atoms with Crippen molar-refractivity contribution in [3.63, 3.8) is 0 Å². The fourth-order valence-electron chi connectivity index (χ4n) is 0.588. The quantitative estimate of drug-likeness (QED) is 0.585. The fourth-order valence-corrected chi connectivity index (χ4v) is 1.08. The van der Waals surface area contributed by atoms with E-state index in [1.807, 2.05) is 12.1 Å². The second-order valence-corrected chi connectivity index (χ2v) is 2.69. The van der Waals surface area contributed by atoms with Crippen LogP contribution in [-0.2, 0) is 6.54 Å². The predicted molar refractivity (Wildman–Crippen MR) is 37.5 cm³/mol. The van der Waals surface area contributed by atoms with Gasteiger partial charge in [-0.15, -0.1) is 0 Å². The van der Waals surface area contributed by atoms with Crippen LogP contribution in [0.1, 0.15) is 5.56 Å². The van der Waals surface area contributed by atoms with E-state index in [-0.39, 0.29) is 0 Å². The van der Waals surface area contributed by atoms with Crippen molar-refractivity contribution in [3.05, 3.63) is 23.9 Å². The minimum atomic E-state index is 0.591. The molecule has 2 N–H and O–H groups in total. The number of hydrogen-bond donors (Lipinski definition) is 1. The molecular weight excluding hydrogens is 175 g/mol. The normalized spacial score (nSPS) is 9.56. The molecule has 0 unspecified atom stereocenters. The van der Waals surface area contributed by atoms with Crippen LogP contribution < -0.4 is 10.2 Å². The maximum absolute atomic E-state index is 5.38. The van der Waals surface area contributed by atoms with E-state index < -0.39 is 0 Å². The van der Waals surface area contributed by atoms with Gasteiger partial charge in [-0.2, -0.15) is 0 Å². The van der Waals surface area contributed by atoms with Crippen molar-refractivity contribution in [3.8, 4) is 0 Å². The molecule has 0 fully saturated rings. The van der Waals surface area contributed by atoms with Crippen LogP contribution in [0.15, 0.2) is 18.3 Å². The van der Waals surface area contributed by atoms with Crippen LogP contribution in [0.3, 0.4) is 0 Å². The van der Waals surface area contributed by atoms with Crippen molar-refractivity contribution in [2.24, 2.45) is 5.73 Å². The Labute approximate surface area is 63.0 Å². The Balaban J connectivity index is 2.94. The Morgan fingerprint density at radius 2 is 2.44 bits per heavy atom. The molecule has 0 atom stereocenters. The molecule has 0 aliphatic heterocycles. The molecule has 1 rings (SSSR count). The first kappa shape index (κ1) is 6.78. The van der Waals surface area contributed by atoms with E-state index in [0.717, 1.165) is 10.0 Å². The van der Waals surface area contributed by atoms with Gasteiger partial charge in [-0.1, -0.05) is 0 Å². The van der Waals surface area contributed by atoms with Crippen LogP contribution >= 0.6 is 0 Å². The number of hydrogen-bond acceptors (Lipinski definition) is 2. The van der Waals surface area contributed by atoms with E-state index in [4.69, 9.17) is 5.73 Å². The molecule has 0 aromatic carbocycles. The summed E-state index contributed by atoms with van der Waals surface area (Å²) in [6, 6.07) is 3.87. The van der Waals surface area contributed by atoms with E-state index in [1.54, 1.807) is 6.20 Å². The van der Waals surface area contributed by atoms with E-state index in [0.29, 0.717) is 6.54 Å². The first-order valence-corrected chi connectivity index (χ1v) is 3.60. The Bertz CT molecular complexity index is 200. The molecule has 0 saturated carbocycles. The molecule has 1 aromatic rings. The summed E-state index contributed by atoms with van der Waals surface area (Å²) in [4.78, 5) is 4.00. The van der Waals surface area contributed by atoms with Crippen LogP contribution in [0.25, 0.3) is 0 Å². The third-order valence-electron chi connectivity index (χ3n) is 1.05. The number of nitrogens with two attached hydrogens (primary N) is 1. The van der Waals surface area contributed by atoms with Gasteiger partial charge in [-0.05, 0) is 0 Å². The van der Waals surface area contributed by atoms with E-state index in [2.05, 4.69) is 21.8 Å². The van der Waals surface area contributed by atoms with Crippen LogP contribution in [0, 0.1) is 0 Å². The molecule has 0 spiro atoms. The third kappa shape index (κ3) is 1.81. The monoisotopic (exact) mass is 182 g/mol. The second kappa shape index (κ2) is 3.00. The van der Waals surface area contributed by atoms with Gasteiger partial charge in [0.2, 0.25) is 0 Å². The third-order valence-corrected chi connectivity index (χ3v) is 1.56. The molecule has 0 aliphatic rings. The van der Waals surface area contributed by atoms with Crippen LogP contribution in [0.2, 0.25) is 0 Å². The summed E-state index contributed by atoms with van der Waals surface area (Å²) >= 11 is 2.38. The maximum atomic E-state index is 5.38. The molecule has 1 aromatic heterocycles. The molecule has 46 valence electrons. The molecular formula is C6H7AsN2. The number of aromatic nitrogens is 1. The van der Waals surface area contributed by atoms with Gasteiger partial charge in [0.05, 0.1) is 0 Å². The minimum absolute atomic E-state index is 0.591. The van der Waals surface area contributed by atoms with E-state index in [1.165, 1.54) is 0 Å². The van der Waals surface area contributed by atoms with Gasteiger partial charge < -0.3 is 0 Å². The summed E-state index contributed by atoms with van der Waals surface area (Å²) < 4.78 is 0.963. The molecule has 1 heterocycles.